The highest BCUT2D eigenvalue weighted by Crippen LogP contribution is 2.29. The highest BCUT2D eigenvalue weighted by Gasteiger charge is 2.30. The van der Waals surface area contributed by atoms with Crippen molar-refractivity contribution >= 4 is 33.9 Å². The van der Waals surface area contributed by atoms with Crippen molar-refractivity contribution in [3.05, 3.63) is 71.3 Å². The number of hydrogen-bond acceptors (Lipinski definition) is 8. The van der Waals surface area contributed by atoms with E-state index < -0.39 is 10.4 Å². The predicted molar refractivity (Wildman–Crippen MR) is 99.5 cm³/mol. The Balaban J connectivity index is 0.000000409. The Hall–Kier alpha value is -2.53. The number of pyridine rings is 1. The molecule has 0 aliphatic heterocycles. The summed E-state index contributed by atoms with van der Waals surface area (Å²) in [4.78, 5) is 25.4. The Kier molecular flexibility index (Phi) is 7.08. The summed E-state index contributed by atoms with van der Waals surface area (Å²) in [5, 5.41) is 0. The molecule has 0 saturated carbocycles. The van der Waals surface area contributed by atoms with Gasteiger partial charge in [0.2, 0.25) is 28.1 Å². The number of aromatic nitrogens is 1. The standard InChI is InChI=1S/C17H14NO3S.CH4O4S/c1-11-6-3-4-9-18(11)22-15-8-5-7-12-16(15)13(19)10-14(21-2)17(12)20;1-5-6(2,3)4/h3-10H,1-2H3;1H3,(H,2,3,4)/q+1;/p-1. The second-order valence-electron chi connectivity index (χ2n) is 5.42. The fraction of sp³-hybridized carbons (Fsp3) is 0.167. The van der Waals surface area contributed by atoms with Crippen molar-refractivity contribution in [3.8, 4) is 0 Å². The molecule has 0 saturated heterocycles. The number of allylic oxidation sites excluding steroid dienone is 2. The van der Waals surface area contributed by atoms with Crippen molar-refractivity contribution in [2.24, 2.45) is 0 Å². The average Bonchev–Trinajstić information content (AvgIpc) is 2.66. The number of methoxy groups -OCH3 is 1. The van der Waals surface area contributed by atoms with Gasteiger partial charge in [-0.1, -0.05) is 18.2 Å². The Morgan fingerprint density at radius 1 is 1.07 bits per heavy atom. The van der Waals surface area contributed by atoms with Crippen LogP contribution in [0.1, 0.15) is 26.4 Å². The lowest BCUT2D eigenvalue weighted by Crippen LogP contribution is -2.29. The number of benzene rings is 1. The number of ketones is 2. The molecule has 0 unspecified atom stereocenters. The molecule has 1 aliphatic rings. The van der Waals surface area contributed by atoms with Crippen molar-refractivity contribution in [2.75, 3.05) is 14.2 Å². The minimum Gasteiger partial charge on any atom is -0.726 e. The van der Waals surface area contributed by atoms with Gasteiger partial charge in [-0.05, 0) is 6.07 Å². The van der Waals surface area contributed by atoms with Gasteiger partial charge in [-0.3, -0.25) is 13.8 Å². The predicted octanol–water partition coefficient (Wildman–Crippen LogP) is 1.84. The smallest absolute Gasteiger partial charge is 0.228 e. The molecule has 0 spiro atoms. The van der Waals surface area contributed by atoms with Crippen LogP contribution in [0.25, 0.3) is 0 Å². The molecule has 3 rings (SSSR count). The van der Waals surface area contributed by atoms with E-state index in [1.54, 1.807) is 12.1 Å². The van der Waals surface area contributed by atoms with Gasteiger partial charge in [-0.15, -0.1) is 3.97 Å². The van der Waals surface area contributed by atoms with Gasteiger partial charge in [0.05, 0.1) is 24.7 Å². The maximum Gasteiger partial charge on any atom is 0.228 e. The maximum atomic E-state index is 12.4. The second-order valence-corrected chi connectivity index (χ2v) is 7.58. The van der Waals surface area contributed by atoms with Gasteiger partial charge in [0.25, 0.3) is 0 Å². The highest BCUT2D eigenvalue weighted by molar-refractivity contribution is 7.93. The summed E-state index contributed by atoms with van der Waals surface area (Å²) < 4.78 is 38.0. The van der Waals surface area contributed by atoms with E-state index in [1.165, 1.54) is 25.1 Å². The quantitative estimate of drug-likeness (QED) is 0.416. The van der Waals surface area contributed by atoms with Crippen molar-refractivity contribution in [1.29, 1.82) is 0 Å². The molecule has 1 aromatic carbocycles. The zero-order valence-electron chi connectivity index (χ0n) is 15.2. The van der Waals surface area contributed by atoms with Crippen molar-refractivity contribution < 1.29 is 35.5 Å². The molecule has 2 aromatic rings. The topological polar surface area (TPSA) is 114 Å². The van der Waals surface area contributed by atoms with Gasteiger partial charge in [-0.2, -0.15) is 0 Å². The molecule has 0 fully saturated rings. The molecule has 28 heavy (non-hydrogen) atoms. The molecule has 8 nitrogen and oxygen atoms in total. The Morgan fingerprint density at radius 2 is 1.75 bits per heavy atom. The molecule has 1 aliphatic carbocycles. The lowest BCUT2D eigenvalue weighted by molar-refractivity contribution is -0.502. The SMILES string of the molecule is COC1=CC(=O)c2c(S[n+]3ccccc3C)cccc2C1=O.COS(=O)(=O)[O-]. The summed E-state index contributed by atoms with van der Waals surface area (Å²) in [5.74, 6) is -0.374. The third-order valence-corrected chi connectivity index (χ3v) is 5.19. The number of nitrogens with zero attached hydrogens (tertiary/aromatic N) is 1. The van der Waals surface area contributed by atoms with Crippen LogP contribution < -0.4 is 3.97 Å². The molecule has 0 atom stereocenters. The lowest BCUT2D eigenvalue weighted by atomic mass is 9.93. The van der Waals surface area contributed by atoms with E-state index in [0.717, 1.165) is 17.7 Å². The van der Waals surface area contributed by atoms with Crippen LogP contribution in [0.3, 0.4) is 0 Å². The molecule has 148 valence electrons. The van der Waals surface area contributed by atoms with E-state index in [-0.39, 0.29) is 17.3 Å². The Labute approximate surface area is 166 Å². The lowest BCUT2D eigenvalue weighted by Gasteiger charge is -2.15. The zero-order valence-corrected chi connectivity index (χ0v) is 16.9. The van der Waals surface area contributed by atoms with Crippen LogP contribution in [0.15, 0.2) is 59.3 Å². The van der Waals surface area contributed by atoms with Gasteiger partial charge in [0.1, 0.15) is 0 Å². The number of hydrogen-bond donors (Lipinski definition) is 0. The molecule has 1 heterocycles. The maximum absolute atomic E-state index is 12.4. The molecule has 0 N–H and O–H groups in total. The monoisotopic (exact) mass is 423 g/mol. The number of fused-ring (bicyclic) bond motifs is 1. The number of carbonyl (C=O) groups excluding carboxylic acids is 2. The van der Waals surface area contributed by atoms with Crippen LogP contribution in [0.2, 0.25) is 0 Å². The molecule has 0 amide bonds. The number of aryl methyl sites for hydroxylation is 1. The van der Waals surface area contributed by atoms with Gasteiger partial charge in [0.15, 0.2) is 23.4 Å². The second kappa shape index (κ2) is 9.11. The van der Waals surface area contributed by atoms with Crippen molar-refractivity contribution in [1.82, 2.24) is 0 Å². The van der Waals surface area contributed by atoms with E-state index in [0.29, 0.717) is 11.1 Å². The highest BCUT2D eigenvalue weighted by atomic mass is 32.3. The van der Waals surface area contributed by atoms with E-state index in [9.17, 15) is 22.6 Å². The number of rotatable bonds is 4. The summed E-state index contributed by atoms with van der Waals surface area (Å²) in [5.41, 5.74) is 1.88. The number of carbonyl (C=O) groups is 2. The molecule has 0 radical (unpaired) electrons. The van der Waals surface area contributed by atoms with Crippen LogP contribution >= 0.6 is 11.9 Å². The van der Waals surface area contributed by atoms with E-state index in [1.807, 2.05) is 41.4 Å². The van der Waals surface area contributed by atoms with Crippen LogP contribution in [-0.2, 0) is 19.3 Å². The Morgan fingerprint density at radius 3 is 2.32 bits per heavy atom. The summed E-state index contributed by atoms with van der Waals surface area (Å²) in [7, 11) is -2.21. The van der Waals surface area contributed by atoms with Gasteiger partial charge >= 0.3 is 0 Å². The zero-order chi connectivity index (χ0) is 20.9. The van der Waals surface area contributed by atoms with Gasteiger partial charge in [-0.25, -0.2) is 8.42 Å². The first kappa shape index (κ1) is 21.8. The minimum absolute atomic E-state index is 0.0863. The number of ether oxygens (including phenoxy) is 1. The summed E-state index contributed by atoms with van der Waals surface area (Å²) in [6.07, 6.45) is 3.18. The van der Waals surface area contributed by atoms with Crippen LogP contribution in [0.4, 0.5) is 0 Å². The van der Waals surface area contributed by atoms with Crippen molar-refractivity contribution in [2.45, 2.75) is 11.8 Å². The molecule has 0 bridgehead atoms. The largest absolute Gasteiger partial charge is 0.726 e. The first-order chi connectivity index (χ1) is 13.2. The third-order valence-electron chi connectivity index (χ3n) is 3.64. The summed E-state index contributed by atoms with van der Waals surface area (Å²) >= 11 is 1.42. The first-order valence-electron chi connectivity index (χ1n) is 7.82. The van der Waals surface area contributed by atoms with Crippen molar-refractivity contribution in [3.63, 3.8) is 0 Å². The minimum atomic E-state index is -4.41. The average molecular weight is 423 g/mol. The first-order valence-corrected chi connectivity index (χ1v) is 9.93. The van der Waals surface area contributed by atoms with Crippen LogP contribution in [0, 0.1) is 6.92 Å². The molecular weight excluding hydrogens is 406 g/mol. The van der Waals surface area contributed by atoms with Crippen LogP contribution in [-0.4, -0.2) is 38.8 Å². The normalized spacial score (nSPS) is 13.2. The van der Waals surface area contributed by atoms with E-state index >= 15 is 0 Å². The Bertz CT molecular complexity index is 1050. The number of Topliss-reactive ketones (excluding diaryl/α,β-unsaturated/α-hetero) is 1. The van der Waals surface area contributed by atoms with Gasteiger partial charge in [0, 0.05) is 30.7 Å². The fourth-order valence-electron chi connectivity index (χ4n) is 2.31. The van der Waals surface area contributed by atoms with E-state index in [2.05, 4.69) is 4.18 Å². The summed E-state index contributed by atoms with van der Waals surface area (Å²) in [6, 6.07) is 11.1. The van der Waals surface area contributed by atoms with Crippen LogP contribution in [0.5, 0.6) is 0 Å². The molecular formula is C18H17NO7S2. The molecule has 1 aromatic heterocycles. The third kappa shape index (κ3) is 5.26. The molecule has 10 heteroatoms. The van der Waals surface area contributed by atoms with E-state index in [4.69, 9.17) is 4.74 Å². The van der Waals surface area contributed by atoms with Gasteiger partial charge < -0.3 is 9.29 Å². The summed E-state index contributed by atoms with van der Waals surface area (Å²) in [6.45, 7) is 1.98. The fourth-order valence-corrected chi connectivity index (χ4v) is 3.30.